The highest BCUT2D eigenvalue weighted by atomic mass is 16.5. The van der Waals surface area contributed by atoms with Crippen LogP contribution in [-0.4, -0.2) is 24.2 Å². The number of pyridine rings is 1. The predicted octanol–water partition coefficient (Wildman–Crippen LogP) is 4.19. The molecule has 158 valence electrons. The molecule has 0 unspecified atom stereocenters. The number of anilines is 2. The fourth-order valence-corrected chi connectivity index (χ4v) is 3.64. The molecule has 1 aromatic heterocycles. The van der Waals surface area contributed by atoms with E-state index in [4.69, 9.17) is 10.5 Å². The molecule has 0 fully saturated rings. The first-order chi connectivity index (χ1) is 14.3. The molecular formula is C24H29N3O3. The Kier molecular flexibility index (Phi) is 6.57. The summed E-state index contributed by atoms with van der Waals surface area (Å²) in [5, 5.41) is 4.17. The lowest BCUT2D eigenvalue weighted by molar-refractivity contribution is -0.116. The first-order valence-electron chi connectivity index (χ1n) is 10.1. The Morgan fingerprint density at radius 2 is 1.93 bits per heavy atom. The summed E-state index contributed by atoms with van der Waals surface area (Å²) in [6.07, 6.45) is 0.423. The van der Waals surface area contributed by atoms with E-state index in [9.17, 15) is 9.59 Å². The van der Waals surface area contributed by atoms with Crippen molar-refractivity contribution in [1.82, 2.24) is 4.57 Å². The molecule has 3 rings (SSSR count). The molecule has 0 aliphatic heterocycles. The van der Waals surface area contributed by atoms with Gasteiger partial charge in [-0.05, 0) is 35.9 Å². The van der Waals surface area contributed by atoms with Crippen LogP contribution < -0.4 is 16.6 Å². The molecule has 30 heavy (non-hydrogen) atoms. The van der Waals surface area contributed by atoms with E-state index >= 15 is 0 Å². The normalized spacial score (nSPS) is 11.2. The lowest BCUT2D eigenvalue weighted by Crippen LogP contribution is -2.26. The fraction of sp³-hybridized carbons (Fsp3) is 0.333. The van der Waals surface area contributed by atoms with Gasteiger partial charge in [0.1, 0.15) is 5.82 Å². The number of amides is 1. The Hall–Kier alpha value is -3.12. The number of carbonyl (C=O) groups is 1. The number of hydrogen-bond acceptors (Lipinski definition) is 4. The summed E-state index contributed by atoms with van der Waals surface area (Å²) in [5.74, 6) is 0.592. The minimum absolute atomic E-state index is 0.0709. The van der Waals surface area contributed by atoms with Crippen molar-refractivity contribution in [3.05, 3.63) is 58.4 Å². The summed E-state index contributed by atoms with van der Waals surface area (Å²) < 4.78 is 6.72. The Balaban J connectivity index is 2.21. The molecule has 3 N–H and O–H groups in total. The zero-order valence-corrected chi connectivity index (χ0v) is 18.0. The molecule has 0 aliphatic carbocycles. The van der Waals surface area contributed by atoms with E-state index in [1.807, 2.05) is 51.1 Å². The van der Waals surface area contributed by atoms with E-state index in [1.165, 1.54) is 0 Å². The van der Waals surface area contributed by atoms with Crippen LogP contribution in [0, 0.1) is 12.8 Å². The Morgan fingerprint density at radius 1 is 1.17 bits per heavy atom. The summed E-state index contributed by atoms with van der Waals surface area (Å²) in [5.41, 5.74) is 9.74. The van der Waals surface area contributed by atoms with Crippen molar-refractivity contribution < 1.29 is 9.53 Å². The zero-order chi connectivity index (χ0) is 21.8. The van der Waals surface area contributed by atoms with Gasteiger partial charge in [-0.25, -0.2) is 0 Å². The maximum Gasteiger partial charge on any atom is 0.260 e. The minimum Gasteiger partial charge on any atom is -0.384 e. The molecule has 0 saturated heterocycles. The van der Waals surface area contributed by atoms with Crippen LogP contribution in [0.4, 0.5) is 11.5 Å². The molecule has 0 saturated carbocycles. The average Bonchev–Trinajstić information content (AvgIpc) is 2.68. The van der Waals surface area contributed by atoms with Gasteiger partial charge < -0.3 is 15.8 Å². The largest absolute Gasteiger partial charge is 0.384 e. The van der Waals surface area contributed by atoms with Crippen molar-refractivity contribution in [3.63, 3.8) is 0 Å². The Morgan fingerprint density at radius 3 is 2.60 bits per heavy atom. The molecule has 6 heteroatoms. The lowest BCUT2D eigenvalue weighted by atomic mass is 9.97. The molecule has 1 heterocycles. The summed E-state index contributed by atoms with van der Waals surface area (Å²) in [6.45, 7) is 6.72. The van der Waals surface area contributed by atoms with Crippen LogP contribution in [0.5, 0.6) is 0 Å². The van der Waals surface area contributed by atoms with Gasteiger partial charge in [0, 0.05) is 30.2 Å². The maximum absolute atomic E-state index is 13.2. The second-order valence-electron chi connectivity index (χ2n) is 7.99. The van der Waals surface area contributed by atoms with Gasteiger partial charge in [-0.15, -0.1) is 0 Å². The molecule has 0 radical (unpaired) electrons. The number of aryl methyl sites for hydroxylation is 1. The molecular weight excluding hydrogens is 378 g/mol. The quantitative estimate of drug-likeness (QED) is 0.615. The van der Waals surface area contributed by atoms with Crippen molar-refractivity contribution in [1.29, 1.82) is 0 Å². The van der Waals surface area contributed by atoms with Gasteiger partial charge in [0.25, 0.3) is 5.56 Å². The van der Waals surface area contributed by atoms with Gasteiger partial charge in [-0.3, -0.25) is 14.2 Å². The van der Waals surface area contributed by atoms with Gasteiger partial charge in [0.05, 0.1) is 13.2 Å². The van der Waals surface area contributed by atoms with E-state index in [0.29, 0.717) is 36.5 Å². The summed E-state index contributed by atoms with van der Waals surface area (Å²) in [4.78, 5) is 25.4. The van der Waals surface area contributed by atoms with Crippen LogP contribution in [0.2, 0.25) is 0 Å². The number of aromatic nitrogens is 1. The molecule has 0 atom stereocenters. The topological polar surface area (TPSA) is 86.3 Å². The highest BCUT2D eigenvalue weighted by Crippen LogP contribution is 2.34. The predicted molar refractivity (Wildman–Crippen MR) is 123 cm³/mol. The highest BCUT2D eigenvalue weighted by Gasteiger charge is 2.17. The number of fused-ring (bicyclic) bond motifs is 1. The third kappa shape index (κ3) is 4.54. The van der Waals surface area contributed by atoms with E-state index in [1.54, 1.807) is 17.7 Å². The van der Waals surface area contributed by atoms with Gasteiger partial charge >= 0.3 is 0 Å². The molecule has 1 amide bonds. The fourth-order valence-electron chi connectivity index (χ4n) is 3.64. The highest BCUT2D eigenvalue weighted by molar-refractivity contribution is 6.03. The lowest BCUT2D eigenvalue weighted by Gasteiger charge is -2.18. The third-order valence-electron chi connectivity index (χ3n) is 5.01. The van der Waals surface area contributed by atoms with Crippen LogP contribution in [0.3, 0.4) is 0 Å². The second-order valence-corrected chi connectivity index (χ2v) is 7.99. The second kappa shape index (κ2) is 9.13. The number of nitrogens with two attached hydrogens (primary N) is 1. The molecule has 3 aromatic rings. The average molecular weight is 408 g/mol. The molecule has 6 nitrogen and oxygen atoms in total. The van der Waals surface area contributed by atoms with Crippen molar-refractivity contribution in [2.24, 2.45) is 5.92 Å². The first kappa shape index (κ1) is 21.6. The van der Waals surface area contributed by atoms with Gasteiger partial charge in [0.15, 0.2) is 0 Å². The summed E-state index contributed by atoms with van der Waals surface area (Å²) in [7, 11) is 1.59. The minimum atomic E-state index is -0.198. The Bertz CT molecular complexity index is 1130. The van der Waals surface area contributed by atoms with Crippen LogP contribution in [-0.2, 0) is 16.1 Å². The number of nitrogens with one attached hydrogen (secondary N) is 1. The van der Waals surface area contributed by atoms with E-state index < -0.39 is 0 Å². The van der Waals surface area contributed by atoms with E-state index in [2.05, 4.69) is 11.4 Å². The van der Waals surface area contributed by atoms with Crippen molar-refractivity contribution in [2.75, 3.05) is 24.8 Å². The van der Waals surface area contributed by atoms with Gasteiger partial charge in [0.2, 0.25) is 5.91 Å². The molecule has 0 spiro atoms. The van der Waals surface area contributed by atoms with Crippen LogP contribution in [0.1, 0.15) is 25.8 Å². The molecule has 0 bridgehead atoms. The standard InChI is InChI=1S/C24H29N3O3/c1-15(2)12-21(28)26-18-8-9-19-20(14-18)24(29)27(10-11-30-4)23(25)22(19)17-7-5-6-16(3)13-17/h5-9,13-15H,10-12,25H2,1-4H3,(H,26,28). The first-order valence-corrected chi connectivity index (χ1v) is 10.1. The van der Waals surface area contributed by atoms with E-state index in [0.717, 1.165) is 22.1 Å². The van der Waals surface area contributed by atoms with Gasteiger partial charge in [-0.2, -0.15) is 0 Å². The number of methoxy groups -OCH3 is 1. The molecule has 2 aromatic carbocycles. The SMILES string of the molecule is COCCn1c(N)c(-c2cccc(C)c2)c2ccc(NC(=O)CC(C)C)cc2c1=O. The molecule has 0 aliphatic rings. The van der Waals surface area contributed by atoms with Crippen LogP contribution >= 0.6 is 0 Å². The Labute approximate surface area is 176 Å². The van der Waals surface area contributed by atoms with Crippen molar-refractivity contribution >= 4 is 28.2 Å². The summed E-state index contributed by atoms with van der Waals surface area (Å²) in [6, 6.07) is 13.4. The van der Waals surface area contributed by atoms with Gasteiger partial charge in [-0.1, -0.05) is 49.7 Å². The number of benzene rings is 2. The number of rotatable bonds is 7. The smallest absolute Gasteiger partial charge is 0.260 e. The van der Waals surface area contributed by atoms with E-state index in [-0.39, 0.29) is 17.4 Å². The number of nitrogens with zero attached hydrogens (tertiary/aromatic N) is 1. The number of ether oxygens (including phenoxy) is 1. The maximum atomic E-state index is 13.2. The van der Waals surface area contributed by atoms with Crippen LogP contribution in [0.25, 0.3) is 21.9 Å². The summed E-state index contributed by atoms with van der Waals surface area (Å²) >= 11 is 0. The zero-order valence-electron chi connectivity index (χ0n) is 18.0. The number of carbonyl (C=O) groups excluding carboxylic acids is 1. The van der Waals surface area contributed by atoms with Crippen molar-refractivity contribution in [2.45, 2.75) is 33.7 Å². The monoisotopic (exact) mass is 407 g/mol. The number of nitrogen functional groups attached to an aromatic ring is 1. The number of hydrogen-bond donors (Lipinski definition) is 2. The van der Waals surface area contributed by atoms with Crippen LogP contribution in [0.15, 0.2) is 47.3 Å². The van der Waals surface area contributed by atoms with Crippen molar-refractivity contribution in [3.8, 4) is 11.1 Å². The third-order valence-corrected chi connectivity index (χ3v) is 5.01.